The van der Waals surface area contributed by atoms with Gasteiger partial charge in [0.1, 0.15) is 17.9 Å². The molecule has 1 aliphatic rings. The van der Waals surface area contributed by atoms with Crippen molar-refractivity contribution in [2.45, 2.75) is 51.7 Å². The van der Waals surface area contributed by atoms with Gasteiger partial charge in [-0.25, -0.2) is 23.6 Å². The van der Waals surface area contributed by atoms with Crippen LogP contribution in [-0.4, -0.2) is 48.8 Å². The van der Waals surface area contributed by atoms with E-state index in [0.717, 1.165) is 0 Å². The highest BCUT2D eigenvalue weighted by Gasteiger charge is 2.46. The maximum Gasteiger partial charge on any atom is 0.280 e. The third-order valence-corrected chi connectivity index (χ3v) is 8.34. The Labute approximate surface area is 199 Å². The molecule has 4 unspecified atom stereocenters. The van der Waals surface area contributed by atoms with Gasteiger partial charge >= 0.3 is 0 Å². The molecule has 3 heterocycles. The minimum Gasteiger partial charge on any atom is -0.756 e. The van der Waals surface area contributed by atoms with Gasteiger partial charge in [0.2, 0.25) is 0 Å². The normalized spacial score (nSPS) is 28.5. The molecule has 0 amide bonds. The predicted molar refractivity (Wildman–Crippen MR) is 111 cm³/mol. The molecule has 35 heavy (non-hydrogen) atoms. The van der Waals surface area contributed by atoms with Crippen molar-refractivity contribution in [2.75, 3.05) is 12.3 Å². The molecule has 2 aromatic heterocycles. The molecule has 1 saturated heterocycles. The van der Waals surface area contributed by atoms with Gasteiger partial charge in [-0.3, -0.25) is 18.3 Å². The zero-order valence-corrected chi connectivity index (χ0v) is 21.5. The molecule has 0 aliphatic carbocycles. The average molecular weight is 558 g/mol. The van der Waals surface area contributed by atoms with E-state index in [9.17, 15) is 28.4 Å². The number of nitrogen functional groups attached to an aromatic ring is 1. The van der Waals surface area contributed by atoms with Crippen LogP contribution < -0.4 is 20.4 Å². The Kier molecular flexibility index (Phi) is 7.96. The summed E-state index contributed by atoms with van der Waals surface area (Å²) in [5, 5.41) is 0. The Morgan fingerprint density at radius 1 is 1.14 bits per heavy atom. The van der Waals surface area contributed by atoms with Crippen molar-refractivity contribution in [1.29, 1.82) is 0 Å². The van der Waals surface area contributed by atoms with Crippen LogP contribution in [0.5, 0.6) is 0 Å². The van der Waals surface area contributed by atoms with Gasteiger partial charge in [0.25, 0.3) is 23.5 Å². The van der Waals surface area contributed by atoms with Crippen molar-refractivity contribution in [2.24, 2.45) is 5.92 Å². The first-order chi connectivity index (χ1) is 15.9. The molecule has 198 valence electrons. The standard InChI is InChI=1S/C15H26N5O12P3/c1-8-9(5-28-34(24,25)32-35(26,27)31-33(21,22)23)29-14(11(8)30-15(2,3)4)20-7-19-10-12(16)17-6-18-13(10)20/h6-9,11,14H,5H2,1-4H3,(H,24,25)(H,26,27)(H2,16,17,18)(H2,21,22,23)/p-3/t8-,9+,11?,14+/m0/s1. The van der Waals surface area contributed by atoms with Crippen LogP contribution in [0, 0.1) is 5.92 Å². The lowest BCUT2D eigenvalue weighted by Gasteiger charge is -2.33. The van der Waals surface area contributed by atoms with Gasteiger partial charge in [-0.2, -0.15) is 0 Å². The third-order valence-electron chi connectivity index (χ3n) is 4.65. The van der Waals surface area contributed by atoms with E-state index in [-0.39, 0.29) is 5.82 Å². The summed E-state index contributed by atoms with van der Waals surface area (Å²) in [4.78, 5) is 54.6. The Hall–Kier alpha value is -1.32. The van der Waals surface area contributed by atoms with E-state index in [4.69, 9.17) is 20.1 Å². The molecule has 0 saturated carbocycles. The highest BCUT2D eigenvalue weighted by molar-refractivity contribution is 7.65. The van der Waals surface area contributed by atoms with E-state index in [2.05, 4.69) is 28.1 Å². The van der Waals surface area contributed by atoms with Gasteiger partial charge in [-0.05, 0) is 20.8 Å². The molecular weight excluding hydrogens is 535 g/mol. The largest absolute Gasteiger partial charge is 0.756 e. The molecule has 0 aromatic carbocycles. The summed E-state index contributed by atoms with van der Waals surface area (Å²) in [7, 11) is -17.5. The van der Waals surface area contributed by atoms with Gasteiger partial charge in [0, 0.05) is 5.92 Å². The van der Waals surface area contributed by atoms with E-state index < -0.39 is 60.0 Å². The molecule has 1 aliphatic heterocycles. The van der Waals surface area contributed by atoms with Crippen LogP contribution in [0.2, 0.25) is 0 Å². The van der Waals surface area contributed by atoms with Gasteiger partial charge in [-0.15, -0.1) is 0 Å². The number of anilines is 1. The summed E-state index contributed by atoms with van der Waals surface area (Å²) in [5.74, 6) is -0.391. The Bertz CT molecular complexity index is 1210. The number of ether oxygens (including phenoxy) is 2. The fourth-order valence-corrected chi connectivity index (χ4v) is 6.25. The summed E-state index contributed by atoms with van der Waals surface area (Å²) < 4.78 is 59.1. The number of hydrogen-bond acceptors (Lipinski definition) is 15. The van der Waals surface area contributed by atoms with Crippen molar-refractivity contribution in [1.82, 2.24) is 19.5 Å². The summed E-state index contributed by atoms with van der Waals surface area (Å²) in [5.41, 5.74) is 5.81. The number of phosphoric ester groups is 1. The lowest BCUT2D eigenvalue weighted by molar-refractivity contribution is -0.250. The molecule has 0 spiro atoms. The second-order valence-electron chi connectivity index (χ2n) is 8.52. The van der Waals surface area contributed by atoms with Crippen molar-refractivity contribution in [3.63, 3.8) is 0 Å². The molecule has 3 rings (SSSR count). The molecule has 3 N–H and O–H groups in total. The Morgan fingerprint density at radius 2 is 1.80 bits per heavy atom. The number of fused-ring (bicyclic) bond motifs is 1. The minimum atomic E-state index is -6.02. The summed E-state index contributed by atoms with van der Waals surface area (Å²) in [6.07, 6.45) is 0.0939. The SMILES string of the molecule is C[C@@H]1C(OC(C)(C)C)[C@H](n2cnc3c(N)ncnc32)O[C@@H]1COP(=O)([O-])OP(=O)([O-])OP(=O)([O-])O. The maximum absolute atomic E-state index is 12.0. The number of rotatable bonds is 9. The number of nitrogens with two attached hydrogens (primary N) is 1. The lowest BCUT2D eigenvalue weighted by Crippen LogP contribution is -2.36. The van der Waals surface area contributed by atoms with Crippen LogP contribution in [-0.2, 0) is 36.3 Å². The van der Waals surface area contributed by atoms with E-state index in [0.29, 0.717) is 11.2 Å². The smallest absolute Gasteiger partial charge is 0.280 e. The number of aromatic nitrogens is 4. The topological polar surface area (TPSA) is 256 Å². The van der Waals surface area contributed by atoms with E-state index in [1.165, 1.54) is 17.2 Å². The highest BCUT2D eigenvalue weighted by atomic mass is 31.3. The summed E-state index contributed by atoms with van der Waals surface area (Å²) in [6, 6.07) is 0. The first kappa shape index (κ1) is 28.3. The van der Waals surface area contributed by atoms with E-state index >= 15 is 0 Å². The van der Waals surface area contributed by atoms with Crippen molar-refractivity contribution in [3.8, 4) is 0 Å². The lowest BCUT2D eigenvalue weighted by atomic mass is 9.99. The Balaban J connectivity index is 1.81. The molecule has 20 heteroatoms. The zero-order chi connectivity index (χ0) is 26.4. The van der Waals surface area contributed by atoms with Gasteiger partial charge in [-0.1, -0.05) is 6.92 Å². The van der Waals surface area contributed by atoms with Crippen LogP contribution in [0.4, 0.5) is 5.82 Å². The minimum absolute atomic E-state index is 0.132. The number of nitrogens with zero attached hydrogens (tertiary/aromatic N) is 4. The number of hydrogen-bond donors (Lipinski definition) is 2. The van der Waals surface area contributed by atoms with Crippen LogP contribution in [0.3, 0.4) is 0 Å². The van der Waals surface area contributed by atoms with Gasteiger partial charge in [0.05, 0.1) is 24.6 Å². The second kappa shape index (κ2) is 9.86. The number of phosphoric acid groups is 3. The summed E-state index contributed by atoms with van der Waals surface area (Å²) in [6.45, 7) is 6.35. The Morgan fingerprint density at radius 3 is 2.40 bits per heavy atom. The third kappa shape index (κ3) is 7.35. The van der Waals surface area contributed by atoms with E-state index in [1.54, 1.807) is 27.7 Å². The fraction of sp³-hybridized carbons (Fsp3) is 0.667. The monoisotopic (exact) mass is 558 g/mol. The molecule has 0 bridgehead atoms. The number of imidazole rings is 1. The predicted octanol–water partition coefficient (Wildman–Crippen LogP) is -0.427. The van der Waals surface area contributed by atoms with Crippen molar-refractivity contribution in [3.05, 3.63) is 12.7 Å². The van der Waals surface area contributed by atoms with E-state index in [1.807, 2.05) is 0 Å². The fourth-order valence-electron chi connectivity index (χ4n) is 3.35. The van der Waals surface area contributed by atoms with Crippen LogP contribution in [0.25, 0.3) is 11.2 Å². The van der Waals surface area contributed by atoms with Crippen LogP contribution in [0.15, 0.2) is 12.7 Å². The molecular formula is C15H23N5O12P3-3. The van der Waals surface area contributed by atoms with Crippen LogP contribution >= 0.6 is 23.5 Å². The quantitative estimate of drug-likeness (QED) is 0.370. The first-order valence-electron chi connectivity index (χ1n) is 9.87. The maximum atomic E-state index is 12.0. The second-order valence-corrected chi connectivity index (χ2v) is 12.8. The average Bonchev–Trinajstić information content (AvgIpc) is 3.19. The molecule has 2 aromatic rings. The molecule has 17 nitrogen and oxygen atoms in total. The first-order valence-corrected chi connectivity index (χ1v) is 14.3. The highest BCUT2D eigenvalue weighted by Crippen LogP contribution is 2.61. The summed E-state index contributed by atoms with van der Waals surface area (Å²) >= 11 is 0. The van der Waals surface area contributed by atoms with Crippen molar-refractivity contribution < 1.29 is 55.9 Å². The van der Waals surface area contributed by atoms with Gasteiger partial charge < -0.3 is 39.3 Å². The van der Waals surface area contributed by atoms with Gasteiger partial charge in [0.15, 0.2) is 17.7 Å². The molecule has 1 fully saturated rings. The zero-order valence-electron chi connectivity index (χ0n) is 18.8. The molecule has 7 atom stereocenters. The molecule has 0 radical (unpaired) electrons. The van der Waals surface area contributed by atoms with Crippen LogP contribution in [0.1, 0.15) is 33.9 Å². The van der Waals surface area contributed by atoms with Crippen molar-refractivity contribution >= 4 is 40.4 Å².